The van der Waals surface area contributed by atoms with Crippen molar-refractivity contribution in [1.82, 2.24) is 5.32 Å². The molecule has 0 saturated carbocycles. The van der Waals surface area contributed by atoms with Crippen molar-refractivity contribution in [1.29, 1.82) is 0 Å². The van der Waals surface area contributed by atoms with E-state index < -0.39 is 5.72 Å². The number of para-hydroxylation sites is 1. The predicted molar refractivity (Wildman–Crippen MR) is 127 cm³/mol. The molecule has 0 aromatic heterocycles. The standard InChI is InChI=1S/C26H36N2O3/c1-6-7-8-9-12-20-15-24(30-4)25(31-5)16-21(20)19(3)28-26(29)17-18(2)27-23-14-11-10-13-22(23)26/h10-11,13-17,19,27-29H,6-9,12H2,1-5H3. The van der Waals surface area contributed by atoms with E-state index in [1.165, 1.54) is 24.8 Å². The van der Waals surface area contributed by atoms with Gasteiger partial charge in [-0.25, -0.2) is 0 Å². The quantitative estimate of drug-likeness (QED) is 0.340. The van der Waals surface area contributed by atoms with Gasteiger partial charge in [-0.15, -0.1) is 0 Å². The van der Waals surface area contributed by atoms with E-state index in [0.29, 0.717) is 5.75 Å². The predicted octanol–water partition coefficient (Wildman–Crippen LogP) is 5.65. The number of anilines is 1. The Bertz CT molecular complexity index is 925. The highest BCUT2D eigenvalue weighted by atomic mass is 16.5. The normalized spacial score (nSPS) is 18.6. The number of hydrogen-bond acceptors (Lipinski definition) is 5. The van der Waals surface area contributed by atoms with E-state index in [9.17, 15) is 5.11 Å². The summed E-state index contributed by atoms with van der Waals surface area (Å²) in [4.78, 5) is 0. The molecule has 0 spiro atoms. The Labute approximate surface area is 186 Å². The lowest BCUT2D eigenvalue weighted by atomic mass is 9.92. The topological polar surface area (TPSA) is 62.8 Å². The third-order valence-corrected chi connectivity index (χ3v) is 5.94. The van der Waals surface area contributed by atoms with Crippen LogP contribution in [0.3, 0.4) is 0 Å². The van der Waals surface area contributed by atoms with Gasteiger partial charge >= 0.3 is 0 Å². The van der Waals surface area contributed by atoms with Crippen molar-refractivity contribution in [2.75, 3.05) is 19.5 Å². The van der Waals surface area contributed by atoms with E-state index >= 15 is 0 Å². The molecule has 31 heavy (non-hydrogen) atoms. The van der Waals surface area contributed by atoms with Gasteiger partial charge in [0.05, 0.1) is 14.2 Å². The molecule has 0 radical (unpaired) electrons. The maximum Gasteiger partial charge on any atom is 0.165 e. The number of benzene rings is 2. The Morgan fingerprint density at radius 1 is 1.06 bits per heavy atom. The summed E-state index contributed by atoms with van der Waals surface area (Å²) < 4.78 is 11.1. The van der Waals surface area contributed by atoms with Crippen LogP contribution in [-0.2, 0) is 12.1 Å². The molecule has 168 valence electrons. The highest BCUT2D eigenvalue weighted by molar-refractivity contribution is 5.61. The number of methoxy groups -OCH3 is 2. The van der Waals surface area contributed by atoms with E-state index in [2.05, 4.69) is 30.5 Å². The number of allylic oxidation sites excluding steroid dienone is 1. The van der Waals surface area contributed by atoms with Crippen LogP contribution in [0.1, 0.15) is 69.2 Å². The zero-order chi connectivity index (χ0) is 22.4. The largest absolute Gasteiger partial charge is 0.493 e. The van der Waals surface area contributed by atoms with Crippen molar-refractivity contribution in [3.63, 3.8) is 0 Å². The summed E-state index contributed by atoms with van der Waals surface area (Å²) in [7, 11) is 3.33. The average Bonchev–Trinajstić information content (AvgIpc) is 2.75. The molecule has 0 amide bonds. The van der Waals surface area contributed by atoms with Gasteiger partial charge in [0.2, 0.25) is 0 Å². The molecule has 5 heteroatoms. The van der Waals surface area contributed by atoms with Crippen LogP contribution in [0.5, 0.6) is 11.5 Å². The lowest BCUT2D eigenvalue weighted by Gasteiger charge is -2.36. The van der Waals surface area contributed by atoms with Crippen molar-refractivity contribution >= 4 is 5.69 Å². The fraction of sp³-hybridized carbons (Fsp3) is 0.462. The molecular weight excluding hydrogens is 388 g/mol. The minimum absolute atomic E-state index is 0.110. The molecule has 2 atom stereocenters. The second-order valence-electron chi connectivity index (χ2n) is 8.35. The number of nitrogens with one attached hydrogen (secondary N) is 2. The molecule has 2 unspecified atom stereocenters. The first-order valence-corrected chi connectivity index (χ1v) is 11.2. The summed E-state index contributed by atoms with van der Waals surface area (Å²) in [6, 6.07) is 11.9. The van der Waals surface area contributed by atoms with E-state index in [1.807, 2.05) is 43.3 Å². The molecule has 3 rings (SSSR count). The molecule has 0 fully saturated rings. The van der Waals surface area contributed by atoms with Crippen LogP contribution in [0.25, 0.3) is 0 Å². The smallest absolute Gasteiger partial charge is 0.165 e. The minimum Gasteiger partial charge on any atom is -0.493 e. The van der Waals surface area contributed by atoms with Gasteiger partial charge in [0.1, 0.15) is 0 Å². The highest BCUT2D eigenvalue weighted by Gasteiger charge is 2.34. The number of rotatable bonds is 10. The lowest BCUT2D eigenvalue weighted by molar-refractivity contribution is 0.0386. The first kappa shape index (κ1) is 23.2. The van der Waals surface area contributed by atoms with Crippen LogP contribution in [0.15, 0.2) is 48.2 Å². The molecule has 1 aliphatic rings. The Kier molecular flexibility index (Phi) is 7.63. The van der Waals surface area contributed by atoms with Gasteiger partial charge in [0, 0.05) is 23.0 Å². The number of aliphatic hydroxyl groups is 1. The fourth-order valence-electron chi connectivity index (χ4n) is 4.39. The molecule has 2 aromatic carbocycles. The Morgan fingerprint density at radius 3 is 2.48 bits per heavy atom. The van der Waals surface area contributed by atoms with Crippen LogP contribution >= 0.6 is 0 Å². The van der Waals surface area contributed by atoms with Crippen LogP contribution in [0, 0.1) is 0 Å². The van der Waals surface area contributed by atoms with Gasteiger partial charge in [0.25, 0.3) is 0 Å². The number of unbranched alkanes of at least 4 members (excludes halogenated alkanes) is 3. The second-order valence-corrected chi connectivity index (χ2v) is 8.35. The zero-order valence-corrected chi connectivity index (χ0v) is 19.4. The Morgan fingerprint density at radius 2 is 1.77 bits per heavy atom. The minimum atomic E-state index is -1.27. The van der Waals surface area contributed by atoms with Crippen LogP contribution in [-0.4, -0.2) is 19.3 Å². The maximum atomic E-state index is 11.6. The molecule has 3 N–H and O–H groups in total. The molecule has 0 saturated heterocycles. The maximum absolute atomic E-state index is 11.6. The van der Waals surface area contributed by atoms with E-state index in [4.69, 9.17) is 9.47 Å². The van der Waals surface area contributed by atoms with Crippen molar-refractivity contribution in [3.05, 3.63) is 64.9 Å². The fourth-order valence-corrected chi connectivity index (χ4v) is 4.39. The van der Waals surface area contributed by atoms with Crippen LogP contribution in [0.2, 0.25) is 0 Å². The molecule has 1 heterocycles. The van der Waals surface area contributed by atoms with Crippen LogP contribution < -0.4 is 20.1 Å². The summed E-state index contributed by atoms with van der Waals surface area (Å²) in [5.41, 5.74) is 3.71. The molecule has 0 bridgehead atoms. The summed E-state index contributed by atoms with van der Waals surface area (Å²) in [5.74, 6) is 1.44. The lowest BCUT2D eigenvalue weighted by Crippen LogP contribution is -2.44. The monoisotopic (exact) mass is 424 g/mol. The van der Waals surface area contributed by atoms with E-state index in [-0.39, 0.29) is 6.04 Å². The Hall–Kier alpha value is -2.50. The average molecular weight is 425 g/mol. The molecule has 1 aliphatic heterocycles. The third kappa shape index (κ3) is 5.23. The summed E-state index contributed by atoms with van der Waals surface area (Å²) in [5, 5.41) is 18.4. The van der Waals surface area contributed by atoms with Crippen molar-refractivity contribution < 1.29 is 14.6 Å². The number of hydrogen-bond donors (Lipinski definition) is 3. The van der Waals surface area contributed by atoms with Gasteiger partial charge in [-0.2, -0.15) is 0 Å². The van der Waals surface area contributed by atoms with Crippen molar-refractivity contribution in [3.8, 4) is 11.5 Å². The van der Waals surface area contributed by atoms with Gasteiger partial charge in [-0.1, -0.05) is 44.4 Å². The first-order chi connectivity index (χ1) is 14.9. The van der Waals surface area contributed by atoms with E-state index in [1.54, 1.807) is 14.2 Å². The van der Waals surface area contributed by atoms with Gasteiger partial charge in [-0.3, -0.25) is 5.32 Å². The summed E-state index contributed by atoms with van der Waals surface area (Å²) in [6.07, 6.45) is 7.59. The van der Waals surface area contributed by atoms with E-state index in [0.717, 1.165) is 41.1 Å². The molecule has 5 nitrogen and oxygen atoms in total. The third-order valence-electron chi connectivity index (χ3n) is 5.94. The SMILES string of the molecule is CCCCCCc1cc(OC)c(OC)cc1C(C)NC1(O)C=C(C)Nc2ccccc21. The zero-order valence-electron chi connectivity index (χ0n) is 19.4. The van der Waals surface area contributed by atoms with Gasteiger partial charge < -0.3 is 19.9 Å². The van der Waals surface area contributed by atoms with Crippen molar-refractivity contribution in [2.45, 2.75) is 64.6 Å². The molecule has 2 aromatic rings. The highest BCUT2D eigenvalue weighted by Crippen LogP contribution is 2.38. The van der Waals surface area contributed by atoms with Gasteiger partial charge in [-0.05, 0) is 62.1 Å². The first-order valence-electron chi connectivity index (χ1n) is 11.2. The number of ether oxygens (including phenoxy) is 2. The number of aryl methyl sites for hydroxylation is 1. The molecule has 0 aliphatic carbocycles. The summed E-state index contributed by atoms with van der Waals surface area (Å²) in [6.45, 7) is 6.27. The summed E-state index contributed by atoms with van der Waals surface area (Å²) >= 11 is 0. The van der Waals surface area contributed by atoms with Crippen molar-refractivity contribution in [2.24, 2.45) is 0 Å². The Balaban J connectivity index is 1.94. The van der Waals surface area contributed by atoms with Gasteiger partial charge in [0.15, 0.2) is 17.2 Å². The molecular formula is C26H36N2O3. The second kappa shape index (κ2) is 10.2. The van der Waals surface area contributed by atoms with Crippen LogP contribution in [0.4, 0.5) is 5.69 Å². The number of fused-ring (bicyclic) bond motifs is 1.